The number of nitrogens with one attached hydrogen (secondary N) is 2. The minimum atomic E-state index is -0.0733. The molecule has 0 unspecified atom stereocenters. The number of furan rings is 1. The second-order valence-electron chi connectivity index (χ2n) is 2.83. The highest BCUT2D eigenvalue weighted by Gasteiger charge is 2.10. The summed E-state index contributed by atoms with van der Waals surface area (Å²) in [5.41, 5.74) is 0. The van der Waals surface area contributed by atoms with Gasteiger partial charge in [-0.3, -0.25) is 4.79 Å². The Kier molecular flexibility index (Phi) is 3.52. The van der Waals surface area contributed by atoms with E-state index in [2.05, 4.69) is 10.6 Å². The van der Waals surface area contributed by atoms with Crippen molar-refractivity contribution in [2.45, 2.75) is 13.0 Å². The maximum Gasteiger partial charge on any atom is 0.234 e. The molecule has 4 heteroatoms. The molecule has 1 aromatic heterocycles. The predicted molar refractivity (Wildman–Crippen MR) is 49.2 cm³/mol. The molecule has 72 valence electrons. The van der Waals surface area contributed by atoms with Gasteiger partial charge in [0.1, 0.15) is 5.76 Å². The molecule has 1 heterocycles. The van der Waals surface area contributed by atoms with Gasteiger partial charge >= 0.3 is 0 Å². The van der Waals surface area contributed by atoms with Crippen LogP contribution in [0.15, 0.2) is 22.8 Å². The Hall–Kier alpha value is -1.29. The van der Waals surface area contributed by atoms with Gasteiger partial charge in [-0.2, -0.15) is 0 Å². The van der Waals surface area contributed by atoms with Gasteiger partial charge in [-0.15, -0.1) is 0 Å². The van der Waals surface area contributed by atoms with Gasteiger partial charge in [-0.05, 0) is 26.1 Å². The summed E-state index contributed by atoms with van der Waals surface area (Å²) in [6.45, 7) is 2.21. The average molecular weight is 182 g/mol. The number of hydrogen-bond acceptors (Lipinski definition) is 3. The lowest BCUT2D eigenvalue weighted by Crippen LogP contribution is -2.33. The molecular formula is C9H14N2O2. The van der Waals surface area contributed by atoms with Crippen LogP contribution >= 0.6 is 0 Å². The lowest BCUT2D eigenvalue weighted by Gasteiger charge is -2.10. The van der Waals surface area contributed by atoms with Crippen molar-refractivity contribution in [3.05, 3.63) is 24.2 Å². The molecule has 0 saturated carbocycles. The highest BCUT2D eigenvalue weighted by molar-refractivity contribution is 5.78. The first-order chi connectivity index (χ1) is 6.24. The zero-order valence-electron chi connectivity index (χ0n) is 7.83. The molecule has 0 aliphatic carbocycles. The highest BCUT2D eigenvalue weighted by Crippen LogP contribution is 2.11. The topological polar surface area (TPSA) is 54.3 Å². The summed E-state index contributed by atoms with van der Waals surface area (Å²) in [6.07, 6.45) is 1.59. The van der Waals surface area contributed by atoms with E-state index in [4.69, 9.17) is 4.42 Å². The lowest BCUT2D eigenvalue weighted by atomic mass is 10.2. The average Bonchev–Trinajstić information content (AvgIpc) is 2.55. The van der Waals surface area contributed by atoms with Gasteiger partial charge in [0.2, 0.25) is 5.91 Å². The van der Waals surface area contributed by atoms with Gasteiger partial charge in [0.05, 0.1) is 18.8 Å². The Bertz CT molecular complexity index is 257. The van der Waals surface area contributed by atoms with Crippen LogP contribution < -0.4 is 10.6 Å². The maximum absolute atomic E-state index is 11.1. The summed E-state index contributed by atoms with van der Waals surface area (Å²) in [6, 6.07) is 3.57. The van der Waals surface area contributed by atoms with Gasteiger partial charge in [0, 0.05) is 0 Å². The largest absolute Gasteiger partial charge is 0.467 e. The third-order valence-electron chi connectivity index (χ3n) is 1.68. The van der Waals surface area contributed by atoms with Crippen LogP contribution in [-0.2, 0) is 4.79 Å². The quantitative estimate of drug-likeness (QED) is 0.719. The van der Waals surface area contributed by atoms with Crippen LogP contribution in [0.1, 0.15) is 18.7 Å². The molecule has 1 rings (SSSR count). The van der Waals surface area contributed by atoms with E-state index in [0.717, 1.165) is 5.76 Å². The van der Waals surface area contributed by atoms with Gasteiger partial charge in [0.25, 0.3) is 0 Å². The minimum Gasteiger partial charge on any atom is -0.467 e. The third kappa shape index (κ3) is 2.91. The van der Waals surface area contributed by atoms with Gasteiger partial charge in [0.15, 0.2) is 0 Å². The highest BCUT2D eigenvalue weighted by atomic mass is 16.3. The molecule has 0 aromatic carbocycles. The van der Waals surface area contributed by atoms with Crippen LogP contribution in [0.5, 0.6) is 0 Å². The number of likely N-dealkylation sites (N-methyl/N-ethyl adjacent to an activating group) is 1. The van der Waals surface area contributed by atoms with Crippen LogP contribution in [0, 0.1) is 0 Å². The van der Waals surface area contributed by atoms with Crippen LogP contribution in [0.2, 0.25) is 0 Å². The molecule has 4 nitrogen and oxygen atoms in total. The molecule has 1 amide bonds. The maximum atomic E-state index is 11.1. The fourth-order valence-corrected chi connectivity index (χ4v) is 1.06. The van der Waals surface area contributed by atoms with E-state index >= 15 is 0 Å². The molecule has 0 aliphatic rings. The second-order valence-corrected chi connectivity index (χ2v) is 2.83. The van der Waals surface area contributed by atoms with Crippen molar-refractivity contribution in [2.75, 3.05) is 13.6 Å². The SMILES string of the molecule is CNCC(=O)N[C@@H](C)c1ccco1. The summed E-state index contributed by atoms with van der Waals surface area (Å²) < 4.78 is 5.14. The Labute approximate surface area is 77.3 Å². The van der Waals surface area contributed by atoms with E-state index in [1.165, 1.54) is 0 Å². The summed E-state index contributed by atoms with van der Waals surface area (Å²) in [5.74, 6) is 0.732. The summed E-state index contributed by atoms with van der Waals surface area (Å²) in [5, 5.41) is 5.56. The molecule has 1 atom stereocenters. The van der Waals surface area contributed by atoms with E-state index in [-0.39, 0.29) is 11.9 Å². The molecule has 2 N–H and O–H groups in total. The Balaban J connectivity index is 2.42. The van der Waals surface area contributed by atoms with Crippen molar-refractivity contribution in [3.8, 4) is 0 Å². The molecule has 0 saturated heterocycles. The summed E-state index contributed by atoms with van der Waals surface area (Å²) >= 11 is 0. The van der Waals surface area contributed by atoms with E-state index in [1.54, 1.807) is 19.4 Å². The molecule has 1 aromatic rings. The molecule has 0 bridgehead atoms. The van der Waals surface area contributed by atoms with E-state index in [1.807, 2.05) is 13.0 Å². The van der Waals surface area contributed by atoms with E-state index in [9.17, 15) is 4.79 Å². The van der Waals surface area contributed by atoms with Crippen LogP contribution in [0.25, 0.3) is 0 Å². The van der Waals surface area contributed by atoms with Crippen LogP contribution in [0.4, 0.5) is 0 Å². The molecular weight excluding hydrogens is 168 g/mol. The Morgan fingerprint density at radius 2 is 2.46 bits per heavy atom. The zero-order chi connectivity index (χ0) is 9.68. The fourth-order valence-electron chi connectivity index (χ4n) is 1.06. The Morgan fingerprint density at radius 1 is 1.69 bits per heavy atom. The van der Waals surface area contributed by atoms with Crippen LogP contribution in [-0.4, -0.2) is 19.5 Å². The normalized spacial score (nSPS) is 12.5. The number of rotatable bonds is 4. The summed E-state index contributed by atoms with van der Waals surface area (Å²) in [7, 11) is 1.73. The van der Waals surface area contributed by atoms with Gasteiger partial charge in [-0.1, -0.05) is 0 Å². The lowest BCUT2D eigenvalue weighted by molar-refractivity contribution is -0.120. The third-order valence-corrected chi connectivity index (χ3v) is 1.68. The number of carbonyl (C=O) groups excluding carboxylic acids is 1. The van der Waals surface area contributed by atoms with Crippen molar-refractivity contribution in [1.29, 1.82) is 0 Å². The first-order valence-electron chi connectivity index (χ1n) is 4.21. The molecule has 13 heavy (non-hydrogen) atoms. The van der Waals surface area contributed by atoms with Crippen LogP contribution in [0.3, 0.4) is 0 Å². The van der Waals surface area contributed by atoms with Gasteiger partial charge in [-0.25, -0.2) is 0 Å². The number of hydrogen-bond donors (Lipinski definition) is 2. The van der Waals surface area contributed by atoms with Crippen molar-refractivity contribution in [3.63, 3.8) is 0 Å². The minimum absolute atomic E-state index is 0.0357. The molecule has 0 fully saturated rings. The molecule has 0 spiro atoms. The first kappa shape index (κ1) is 9.80. The van der Waals surface area contributed by atoms with Gasteiger partial charge < -0.3 is 15.1 Å². The predicted octanol–water partition coefficient (Wildman–Crippen LogP) is 0.676. The molecule has 0 aliphatic heterocycles. The van der Waals surface area contributed by atoms with Crippen molar-refractivity contribution < 1.29 is 9.21 Å². The van der Waals surface area contributed by atoms with E-state index in [0.29, 0.717) is 6.54 Å². The monoisotopic (exact) mass is 182 g/mol. The van der Waals surface area contributed by atoms with Crippen molar-refractivity contribution in [2.24, 2.45) is 0 Å². The zero-order valence-corrected chi connectivity index (χ0v) is 7.83. The number of carbonyl (C=O) groups is 1. The first-order valence-corrected chi connectivity index (χ1v) is 4.21. The van der Waals surface area contributed by atoms with Crippen molar-refractivity contribution in [1.82, 2.24) is 10.6 Å². The van der Waals surface area contributed by atoms with E-state index < -0.39 is 0 Å². The van der Waals surface area contributed by atoms with Crippen molar-refractivity contribution >= 4 is 5.91 Å². The second kappa shape index (κ2) is 4.67. The smallest absolute Gasteiger partial charge is 0.234 e. The summed E-state index contributed by atoms with van der Waals surface area (Å²) in [4.78, 5) is 11.1. The fraction of sp³-hybridized carbons (Fsp3) is 0.444. The molecule has 0 radical (unpaired) electrons. The standard InChI is InChI=1S/C9H14N2O2/c1-7(8-4-3-5-13-8)11-9(12)6-10-2/h3-5,7,10H,6H2,1-2H3,(H,11,12)/t7-/m0/s1. The number of amides is 1. The Morgan fingerprint density at radius 3 is 3.00 bits per heavy atom.